The van der Waals surface area contributed by atoms with Crippen molar-refractivity contribution in [2.45, 2.75) is 110 Å². The molecule has 4 aliphatic carbocycles. The van der Waals surface area contributed by atoms with Gasteiger partial charge in [-0.15, -0.1) is 0 Å². The molecule has 0 aromatic rings. The van der Waals surface area contributed by atoms with Crippen LogP contribution in [0.3, 0.4) is 0 Å². The van der Waals surface area contributed by atoms with E-state index in [9.17, 15) is 20.1 Å². The van der Waals surface area contributed by atoms with Crippen LogP contribution in [0.25, 0.3) is 0 Å². The average molecular weight is 483 g/mol. The number of ketones is 1. The van der Waals surface area contributed by atoms with Crippen LogP contribution in [-0.4, -0.2) is 39.4 Å². The van der Waals surface area contributed by atoms with E-state index in [1.54, 1.807) is 0 Å². The van der Waals surface area contributed by atoms with Gasteiger partial charge in [0, 0.05) is 12.8 Å². The third-order valence-corrected chi connectivity index (χ3v) is 9.92. The lowest BCUT2D eigenvalue weighted by Crippen LogP contribution is -2.35. The molecule has 4 heteroatoms. The molecule has 4 nitrogen and oxygen atoms in total. The Labute approximate surface area is 211 Å². The molecule has 0 saturated heterocycles. The number of rotatable bonds is 8. The Morgan fingerprint density at radius 3 is 2.60 bits per heavy atom. The van der Waals surface area contributed by atoms with Crippen LogP contribution in [0.5, 0.6) is 0 Å². The van der Waals surface area contributed by atoms with Crippen LogP contribution in [0.1, 0.15) is 91.4 Å². The average Bonchev–Trinajstić information content (AvgIpc) is 3.55. The first-order chi connectivity index (χ1) is 16.6. The molecule has 35 heavy (non-hydrogen) atoms. The van der Waals surface area contributed by atoms with Crippen LogP contribution in [0.15, 0.2) is 47.6 Å². The number of carbonyl (C=O) groups is 1. The smallest absolute Gasteiger partial charge is 0.141 e. The van der Waals surface area contributed by atoms with Crippen molar-refractivity contribution in [3.8, 4) is 0 Å². The minimum Gasteiger partial charge on any atom is -0.393 e. The molecule has 0 bridgehead atoms. The minimum absolute atomic E-state index is 0.231. The number of hydrogen-bond donors (Lipinski definition) is 3. The second kappa shape index (κ2) is 10.5. The molecular weight excluding hydrogens is 436 g/mol. The molecule has 0 aromatic heterocycles. The zero-order valence-corrected chi connectivity index (χ0v) is 22.0. The Bertz CT molecular complexity index is 907. The summed E-state index contributed by atoms with van der Waals surface area (Å²) < 4.78 is 0. The topological polar surface area (TPSA) is 77.8 Å². The maximum atomic E-state index is 12.5. The summed E-state index contributed by atoms with van der Waals surface area (Å²) in [5.74, 6) is 1.70. The van der Waals surface area contributed by atoms with Crippen molar-refractivity contribution in [3.05, 3.63) is 47.6 Å². The monoisotopic (exact) mass is 482 g/mol. The Morgan fingerprint density at radius 2 is 1.91 bits per heavy atom. The van der Waals surface area contributed by atoms with Crippen LogP contribution in [0.2, 0.25) is 0 Å². The van der Waals surface area contributed by atoms with Crippen LogP contribution < -0.4 is 0 Å². The summed E-state index contributed by atoms with van der Waals surface area (Å²) in [4.78, 5) is 12.5. The number of aliphatic hydroxyl groups is 3. The van der Waals surface area contributed by atoms with E-state index in [-0.39, 0.29) is 11.2 Å². The number of allylic oxidation sites excluding steroid dienone is 4. The molecule has 4 fully saturated rings. The molecule has 4 saturated carbocycles. The molecule has 0 unspecified atom stereocenters. The highest BCUT2D eigenvalue weighted by Crippen LogP contribution is 2.59. The fraction of sp³-hybridized carbons (Fsp3) is 0.710. The maximum Gasteiger partial charge on any atom is 0.141 e. The van der Waals surface area contributed by atoms with Gasteiger partial charge in [-0.05, 0) is 92.1 Å². The molecule has 0 spiro atoms. The van der Waals surface area contributed by atoms with Gasteiger partial charge in [-0.3, -0.25) is 4.79 Å². The second-order valence-electron chi connectivity index (χ2n) is 12.2. The molecule has 0 aliphatic heterocycles. The van der Waals surface area contributed by atoms with Gasteiger partial charge in [-0.1, -0.05) is 57.2 Å². The molecule has 194 valence electrons. The van der Waals surface area contributed by atoms with Gasteiger partial charge in [-0.25, -0.2) is 0 Å². The Balaban J connectivity index is 1.45. The summed E-state index contributed by atoms with van der Waals surface area (Å²) in [5, 5.41) is 31.1. The van der Waals surface area contributed by atoms with E-state index in [0.717, 1.165) is 36.8 Å². The summed E-state index contributed by atoms with van der Waals surface area (Å²) in [6.45, 7) is 10.8. The van der Waals surface area contributed by atoms with Crippen LogP contribution >= 0.6 is 0 Å². The van der Waals surface area contributed by atoms with Crippen LogP contribution in [-0.2, 0) is 4.79 Å². The highest BCUT2D eigenvalue weighted by atomic mass is 16.3. The summed E-state index contributed by atoms with van der Waals surface area (Å²) in [6.07, 6.45) is 16.6. The number of fused-ring (bicyclic) bond motifs is 1. The van der Waals surface area contributed by atoms with Crippen molar-refractivity contribution < 1.29 is 20.1 Å². The van der Waals surface area contributed by atoms with Crippen molar-refractivity contribution >= 4 is 5.78 Å². The van der Waals surface area contributed by atoms with E-state index in [2.05, 4.69) is 38.7 Å². The summed E-state index contributed by atoms with van der Waals surface area (Å²) in [7, 11) is 0. The highest BCUT2D eigenvalue weighted by molar-refractivity contribution is 5.88. The normalized spacial score (nSPS) is 38.6. The van der Waals surface area contributed by atoms with E-state index >= 15 is 0 Å². The second-order valence-corrected chi connectivity index (χ2v) is 12.2. The summed E-state index contributed by atoms with van der Waals surface area (Å²) in [5.41, 5.74) is 2.94. The van der Waals surface area contributed by atoms with E-state index in [0.29, 0.717) is 37.0 Å². The molecule has 4 aliphatic rings. The van der Waals surface area contributed by atoms with Gasteiger partial charge < -0.3 is 15.3 Å². The lowest BCUT2D eigenvalue weighted by atomic mass is 9.61. The largest absolute Gasteiger partial charge is 0.393 e. The van der Waals surface area contributed by atoms with Crippen molar-refractivity contribution in [2.75, 3.05) is 0 Å². The predicted octanol–water partition coefficient (Wildman–Crippen LogP) is 5.83. The van der Waals surface area contributed by atoms with Gasteiger partial charge in [0.05, 0.1) is 23.7 Å². The fourth-order valence-corrected chi connectivity index (χ4v) is 7.56. The Hall–Kier alpha value is -1.49. The molecule has 4 rings (SSSR count). The summed E-state index contributed by atoms with van der Waals surface area (Å²) in [6, 6.07) is 0. The van der Waals surface area contributed by atoms with E-state index in [1.165, 1.54) is 31.3 Å². The van der Waals surface area contributed by atoms with Crippen molar-refractivity contribution in [1.29, 1.82) is 0 Å². The molecule has 3 N–H and O–H groups in total. The first-order valence-corrected chi connectivity index (χ1v) is 14.0. The molecule has 7 atom stereocenters. The fourth-order valence-electron chi connectivity index (χ4n) is 7.56. The number of aliphatic hydroxyl groups excluding tert-OH is 3. The van der Waals surface area contributed by atoms with Crippen molar-refractivity contribution in [2.24, 2.45) is 28.6 Å². The lowest BCUT2D eigenvalue weighted by molar-refractivity contribution is -0.127. The minimum atomic E-state index is -0.656. The van der Waals surface area contributed by atoms with Crippen LogP contribution in [0.4, 0.5) is 0 Å². The third kappa shape index (κ3) is 5.17. The molecule has 0 heterocycles. The van der Waals surface area contributed by atoms with Gasteiger partial charge in [0.1, 0.15) is 5.78 Å². The summed E-state index contributed by atoms with van der Waals surface area (Å²) >= 11 is 0. The van der Waals surface area contributed by atoms with E-state index in [1.807, 2.05) is 13.0 Å². The Kier molecular flexibility index (Phi) is 7.95. The maximum absolute atomic E-state index is 12.5. The molecule has 0 aromatic carbocycles. The predicted molar refractivity (Wildman–Crippen MR) is 141 cm³/mol. The van der Waals surface area contributed by atoms with Gasteiger partial charge in [0.25, 0.3) is 0 Å². The number of Topliss-reactive ketones (excluding diaryl/α,β-unsaturated/α-hetero) is 1. The standard InChI is InChI=1S/C31H46O4/c1-5-7-28(34)31(16-17-31)29(35)14-9-20(2)25-12-13-26-22(8-6-15-30(25,26)4)10-11-23-18-24(32)19-27(33)21(23)3/h9-11,14,20,24-27,29,32-33,35H,3,5-8,12-13,15-19H2,1-2,4H3/t20-,24-,25-,26+,27+,29+,30-/m1/s1. The molecular formula is C31H46O4. The first-order valence-electron chi connectivity index (χ1n) is 14.0. The van der Waals surface area contributed by atoms with E-state index < -0.39 is 23.7 Å². The SMILES string of the molecule is C=C1C(=CC=C2CCC[C@]3(C)[C@@H]([C@H](C)C=C[C@H](O)C4(C(=O)CCC)CC4)CC[C@@H]23)C[C@@H](O)C[C@@H]1O. The molecule has 0 radical (unpaired) electrons. The Morgan fingerprint density at radius 1 is 1.17 bits per heavy atom. The van der Waals surface area contributed by atoms with Crippen molar-refractivity contribution in [3.63, 3.8) is 0 Å². The van der Waals surface area contributed by atoms with Gasteiger partial charge in [-0.2, -0.15) is 0 Å². The quantitative estimate of drug-likeness (QED) is 0.380. The van der Waals surface area contributed by atoms with Crippen LogP contribution in [0, 0.1) is 28.6 Å². The van der Waals surface area contributed by atoms with Gasteiger partial charge in [0.2, 0.25) is 0 Å². The third-order valence-electron chi connectivity index (χ3n) is 9.92. The first kappa shape index (κ1) is 26.6. The zero-order chi connectivity index (χ0) is 25.4. The number of carbonyl (C=O) groups excluding carboxylic acids is 1. The van der Waals surface area contributed by atoms with Crippen molar-refractivity contribution in [1.82, 2.24) is 0 Å². The molecule has 0 amide bonds. The van der Waals surface area contributed by atoms with E-state index in [4.69, 9.17) is 0 Å². The lowest BCUT2D eigenvalue weighted by Gasteiger charge is -2.44. The zero-order valence-electron chi connectivity index (χ0n) is 22.0. The number of hydrogen-bond acceptors (Lipinski definition) is 4. The highest BCUT2D eigenvalue weighted by Gasteiger charge is 2.54. The van der Waals surface area contributed by atoms with Gasteiger partial charge in [0.15, 0.2) is 0 Å². The van der Waals surface area contributed by atoms with Gasteiger partial charge >= 0.3 is 0 Å².